The van der Waals surface area contributed by atoms with Crippen LogP contribution >= 0.6 is 12.4 Å². The number of rotatable bonds is 10. The summed E-state index contributed by atoms with van der Waals surface area (Å²) in [6.45, 7) is 0.652. The molecule has 0 spiro atoms. The highest BCUT2D eigenvalue weighted by molar-refractivity contribution is 5.85. The van der Waals surface area contributed by atoms with Crippen molar-refractivity contribution in [2.45, 2.75) is 6.42 Å². The van der Waals surface area contributed by atoms with Crippen LogP contribution in [0.2, 0.25) is 0 Å². The van der Waals surface area contributed by atoms with Crippen molar-refractivity contribution in [2.24, 2.45) is 5.73 Å². The average Bonchev–Trinajstić information content (AvgIpc) is 2.58. The third kappa shape index (κ3) is 8.44. The standard InChI is InChI=1S/C15H23N3O5.ClH/c1-21-11-6-12(22-2)8-13(7-11)23-5-3-4-17-15(20)10-18-14(19)9-16;/h6-8H,3-5,9-10,16H2,1-2H3,(H,17,20)(H,18,19);1H. The molecule has 0 aliphatic carbocycles. The second-order valence-electron chi connectivity index (χ2n) is 4.58. The molecule has 0 atom stereocenters. The van der Waals surface area contributed by atoms with Gasteiger partial charge in [-0.25, -0.2) is 0 Å². The molecule has 2 amide bonds. The highest BCUT2D eigenvalue weighted by atomic mass is 35.5. The van der Waals surface area contributed by atoms with Gasteiger partial charge < -0.3 is 30.6 Å². The Balaban J connectivity index is 0.00000529. The lowest BCUT2D eigenvalue weighted by Gasteiger charge is -2.10. The number of carbonyl (C=O) groups excluding carboxylic acids is 2. The SMILES string of the molecule is COc1cc(OC)cc(OCCCNC(=O)CNC(=O)CN)c1.Cl. The van der Waals surface area contributed by atoms with Crippen LogP contribution in [0.25, 0.3) is 0 Å². The molecule has 136 valence electrons. The molecule has 0 saturated carbocycles. The molecule has 0 aliphatic heterocycles. The zero-order valence-corrected chi connectivity index (χ0v) is 14.6. The Kier molecular flexibility index (Phi) is 11.1. The van der Waals surface area contributed by atoms with Crippen molar-refractivity contribution in [1.29, 1.82) is 0 Å². The van der Waals surface area contributed by atoms with Crippen LogP contribution < -0.4 is 30.6 Å². The number of nitrogens with one attached hydrogen (secondary N) is 2. The van der Waals surface area contributed by atoms with Crippen molar-refractivity contribution in [3.05, 3.63) is 18.2 Å². The molecule has 4 N–H and O–H groups in total. The third-order valence-corrected chi connectivity index (χ3v) is 2.87. The summed E-state index contributed by atoms with van der Waals surface area (Å²) in [5.74, 6) is 1.28. The van der Waals surface area contributed by atoms with Gasteiger partial charge in [-0.1, -0.05) is 0 Å². The van der Waals surface area contributed by atoms with Gasteiger partial charge in [0.25, 0.3) is 0 Å². The van der Waals surface area contributed by atoms with Crippen molar-refractivity contribution in [2.75, 3.05) is 40.5 Å². The molecule has 24 heavy (non-hydrogen) atoms. The molecule has 8 nitrogen and oxygen atoms in total. The molecule has 0 bridgehead atoms. The summed E-state index contributed by atoms with van der Waals surface area (Å²) >= 11 is 0. The minimum atomic E-state index is -0.365. The van der Waals surface area contributed by atoms with E-state index in [1.54, 1.807) is 32.4 Å². The van der Waals surface area contributed by atoms with E-state index < -0.39 is 0 Å². The van der Waals surface area contributed by atoms with Gasteiger partial charge in [-0.2, -0.15) is 0 Å². The summed E-state index contributed by atoms with van der Waals surface area (Å²) in [5.41, 5.74) is 5.12. The highest BCUT2D eigenvalue weighted by Crippen LogP contribution is 2.27. The minimum absolute atomic E-state index is 0. The van der Waals surface area contributed by atoms with Crippen molar-refractivity contribution in [1.82, 2.24) is 10.6 Å². The minimum Gasteiger partial charge on any atom is -0.496 e. The molecule has 0 heterocycles. The Bertz CT molecular complexity index is 506. The van der Waals surface area contributed by atoms with Crippen LogP contribution in [0, 0.1) is 0 Å². The predicted octanol–water partition coefficient (Wildman–Crippen LogP) is 0.0856. The molecule has 0 radical (unpaired) electrons. The Morgan fingerprint density at radius 2 is 1.58 bits per heavy atom. The molecule has 0 fully saturated rings. The number of ether oxygens (including phenoxy) is 3. The second kappa shape index (κ2) is 12.3. The lowest BCUT2D eigenvalue weighted by molar-refractivity contribution is -0.125. The van der Waals surface area contributed by atoms with Crippen LogP contribution in [0.3, 0.4) is 0 Å². The molecular weight excluding hydrogens is 338 g/mol. The van der Waals surface area contributed by atoms with Gasteiger partial charge in [-0.05, 0) is 6.42 Å². The van der Waals surface area contributed by atoms with E-state index >= 15 is 0 Å². The number of halogens is 1. The summed E-state index contributed by atoms with van der Waals surface area (Å²) in [5, 5.41) is 5.06. The van der Waals surface area contributed by atoms with Gasteiger partial charge >= 0.3 is 0 Å². The summed E-state index contributed by atoms with van der Waals surface area (Å²) in [7, 11) is 3.13. The highest BCUT2D eigenvalue weighted by Gasteiger charge is 2.04. The van der Waals surface area contributed by atoms with Crippen molar-refractivity contribution in [3.8, 4) is 17.2 Å². The lowest BCUT2D eigenvalue weighted by atomic mass is 10.3. The summed E-state index contributed by atoms with van der Waals surface area (Å²) in [6.07, 6.45) is 0.621. The number of hydrogen-bond acceptors (Lipinski definition) is 6. The van der Waals surface area contributed by atoms with Crippen LogP contribution in [0.1, 0.15) is 6.42 Å². The van der Waals surface area contributed by atoms with Crippen LogP contribution in [-0.4, -0.2) is 52.3 Å². The van der Waals surface area contributed by atoms with E-state index in [1.165, 1.54) is 0 Å². The fourth-order valence-electron chi connectivity index (χ4n) is 1.67. The van der Waals surface area contributed by atoms with E-state index in [1.807, 2.05) is 0 Å². The number of hydrogen-bond donors (Lipinski definition) is 3. The average molecular weight is 362 g/mol. The molecule has 1 aromatic carbocycles. The third-order valence-electron chi connectivity index (χ3n) is 2.87. The predicted molar refractivity (Wildman–Crippen MR) is 92.0 cm³/mol. The maximum atomic E-state index is 11.4. The van der Waals surface area contributed by atoms with E-state index in [2.05, 4.69) is 10.6 Å². The van der Waals surface area contributed by atoms with Crippen LogP contribution in [0.5, 0.6) is 17.2 Å². The topological polar surface area (TPSA) is 112 Å². The van der Waals surface area contributed by atoms with Crippen LogP contribution in [0.15, 0.2) is 18.2 Å². The second-order valence-corrected chi connectivity index (χ2v) is 4.58. The zero-order chi connectivity index (χ0) is 17.1. The summed E-state index contributed by atoms with van der Waals surface area (Å²) < 4.78 is 15.9. The van der Waals surface area contributed by atoms with Gasteiger partial charge in [0.05, 0.1) is 33.9 Å². The Morgan fingerprint density at radius 3 is 2.12 bits per heavy atom. The van der Waals surface area contributed by atoms with Crippen molar-refractivity contribution in [3.63, 3.8) is 0 Å². The summed E-state index contributed by atoms with van der Waals surface area (Å²) in [6, 6.07) is 5.26. The van der Waals surface area contributed by atoms with E-state index in [0.29, 0.717) is 36.8 Å². The van der Waals surface area contributed by atoms with E-state index in [-0.39, 0.29) is 37.3 Å². The van der Waals surface area contributed by atoms with E-state index in [0.717, 1.165) is 0 Å². The zero-order valence-electron chi connectivity index (χ0n) is 13.8. The number of benzene rings is 1. The Labute approximate surface area is 147 Å². The number of carbonyl (C=O) groups is 2. The molecule has 9 heteroatoms. The quantitative estimate of drug-likeness (QED) is 0.509. The first-order chi connectivity index (χ1) is 11.1. The number of nitrogens with two attached hydrogens (primary N) is 1. The van der Waals surface area contributed by atoms with Gasteiger partial charge in [0, 0.05) is 24.7 Å². The fourth-order valence-corrected chi connectivity index (χ4v) is 1.67. The Hall–Kier alpha value is -2.19. The molecule has 0 aromatic heterocycles. The van der Waals surface area contributed by atoms with Gasteiger partial charge in [0.2, 0.25) is 11.8 Å². The maximum Gasteiger partial charge on any atom is 0.239 e. The van der Waals surface area contributed by atoms with E-state index in [9.17, 15) is 9.59 Å². The first-order valence-corrected chi connectivity index (χ1v) is 7.18. The van der Waals surface area contributed by atoms with Gasteiger partial charge in [0.15, 0.2) is 0 Å². The number of methoxy groups -OCH3 is 2. The monoisotopic (exact) mass is 361 g/mol. The van der Waals surface area contributed by atoms with Gasteiger partial charge in [-0.3, -0.25) is 9.59 Å². The van der Waals surface area contributed by atoms with Gasteiger partial charge in [0.1, 0.15) is 17.2 Å². The fraction of sp³-hybridized carbons (Fsp3) is 0.467. The smallest absolute Gasteiger partial charge is 0.239 e. The van der Waals surface area contributed by atoms with Crippen LogP contribution in [-0.2, 0) is 9.59 Å². The van der Waals surface area contributed by atoms with Crippen molar-refractivity contribution < 1.29 is 23.8 Å². The van der Waals surface area contributed by atoms with E-state index in [4.69, 9.17) is 19.9 Å². The molecular formula is C15H24ClN3O5. The first-order valence-electron chi connectivity index (χ1n) is 7.18. The lowest BCUT2D eigenvalue weighted by Crippen LogP contribution is -2.39. The molecule has 0 aliphatic rings. The maximum absolute atomic E-state index is 11.4. The molecule has 1 rings (SSSR count). The van der Waals surface area contributed by atoms with Crippen molar-refractivity contribution >= 4 is 24.2 Å². The normalized spacial score (nSPS) is 9.46. The Morgan fingerprint density at radius 1 is 1.00 bits per heavy atom. The largest absolute Gasteiger partial charge is 0.496 e. The first kappa shape index (κ1) is 21.8. The van der Waals surface area contributed by atoms with Gasteiger partial charge in [-0.15, -0.1) is 12.4 Å². The number of amides is 2. The molecule has 0 unspecified atom stereocenters. The molecule has 1 aromatic rings. The summed E-state index contributed by atoms with van der Waals surface area (Å²) in [4.78, 5) is 22.3. The van der Waals surface area contributed by atoms with Crippen LogP contribution in [0.4, 0.5) is 0 Å². The molecule has 0 saturated heterocycles.